The van der Waals surface area contributed by atoms with Gasteiger partial charge < -0.3 is 14.8 Å². The Labute approximate surface area is 85.7 Å². The van der Waals surface area contributed by atoms with E-state index in [1.54, 1.807) is 0 Å². The van der Waals surface area contributed by atoms with Crippen LogP contribution in [0.15, 0.2) is 0 Å². The number of alkyl halides is 2. The van der Waals surface area contributed by atoms with Gasteiger partial charge in [0.15, 0.2) is 0 Å². The number of halogens is 2. The molecular weight excluding hydrogens is 212 g/mol. The average Bonchev–Trinajstić information content (AvgIpc) is 2.20. The molecule has 0 aromatic rings. The lowest BCUT2D eigenvalue weighted by Gasteiger charge is -2.04. The number of carbonyl (C=O) groups is 2. The molecule has 7 heteroatoms. The predicted molar refractivity (Wildman–Crippen MR) is 46.5 cm³/mol. The Hall–Kier alpha value is -1.24. The molecule has 0 spiro atoms. The van der Waals surface area contributed by atoms with E-state index in [1.165, 1.54) is 7.11 Å². The number of hydrogen-bond donors (Lipinski definition) is 1. The van der Waals surface area contributed by atoms with Crippen molar-refractivity contribution in [2.45, 2.75) is 12.8 Å². The van der Waals surface area contributed by atoms with Gasteiger partial charge in [-0.05, 0) is 0 Å². The lowest BCUT2D eigenvalue weighted by molar-refractivity contribution is -0.141. The van der Waals surface area contributed by atoms with Crippen LogP contribution < -0.4 is 5.32 Å². The maximum atomic E-state index is 11.6. The molecule has 0 aromatic carbocycles. The van der Waals surface area contributed by atoms with Gasteiger partial charge in [-0.25, -0.2) is 8.78 Å². The third-order valence-electron chi connectivity index (χ3n) is 1.37. The van der Waals surface area contributed by atoms with E-state index in [0.717, 1.165) is 0 Å². The zero-order chi connectivity index (χ0) is 11.7. The summed E-state index contributed by atoms with van der Waals surface area (Å²) < 4.78 is 31.9. The Kier molecular flexibility index (Phi) is 7.43. The largest absolute Gasteiger partial charge is 0.468 e. The van der Waals surface area contributed by atoms with Crippen molar-refractivity contribution in [2.75, 3.05) is 26.9 Å². The standard InChI is InChI=1S/C8H13F2NO4/c1-14-8(13)4-11-7(12)2-3-15-5-6(9)10/h6H,2-5H2,1H3,(H,11,12). The Balaban J connectivity index is 3.37. The number of amides is 1. The Morgan fingerprint density at radius 3 is 2.60 bits per heavy atom. The minimum absolute atomic E-state index is 0.0658. The predicted octanol–water partition coefficient (Wildman–Crippen LogP) is -0.0526. The second kappa shape index (κ2) is 8.10. The molecule has 0 unspecified atom stereocenters. The highest BCUT2D eigenvalue weighted by atomic mass is 19.3. The number of rotatable bonds is 7. The SMILES string of the molecule is COC(=O)CNC(=O)CCOCC(F)F. The highest BCUT2D eigenvalue weighted by Gasteiger charge is 2.06. The Bertz CT molecular complexity index is 211. The molecule has 0 rings (SSSR count). The lowest BCUT2D eigenvalue weighted by atomic mass is 10.4. The molecular formula is C8H13F2NO4. The normalized spacial score (nSPS) is 10.1. The van der Waals surface area contributed by atoms with E-state index in [0.29, 0.717) is 0 Å². The Morgan fingerprint density at radius 1 is 1.40 bits per heavy atom. The average molecular weight is 225 g/mol. The second-order valence-corrected chi connectivity index (χ2v) is 2.57. The monoisotopic (exact) mass is 225 g/mol. The molecule has 0 aliphatic heterocycles. The van der Waals surface area contributed by atoms with Crippen LogP contribution in [0.4, 0.5) is 8.78 Å². The first kappa shape index (κ1) is 13.8. The van der Waals surface area contributed by atoms with Crippen molar-refractivity contribution >= 4 is 11.9 Å². The van der Waals surface area contributed by atoms with Gasteiger partial charge in [-0.3, -0.25) is 9.59 Å². The molecule has 0 aromatic heterocycles. The summed E-state index contributed by atoms with van der Waals surface area (Å²) in [5.41, 5.74) is 0. The van der Waals surface area contributed by atoms with Crippen LogP contribution in [0.25, 0.3) is 0 Å². The number of methoxy groups -OCH3 is 1. The van der Waals surface area contributed by atoms with E-state index < -0.39 is 24.9 Å². The van der Waals surface area contributed by atoms with Crippen LogP contribution in [0.5, 0.6) is 0 Å². The molecule has 0 aliphatic rings. The first-order valence-corrected chi connectivity index (χ1v) is 4.25. The molecule has 0 heterocycles. The van der Waals surface area contributed by atoms with E-state index in [1.807, 2.05) is 0 Å². The van der Waals surface area contributed by atoms with E-state index in [2.05, 4.69) is 14.8 Å². The van der Waals surface area contributed by atoms with E-state index in [4.69, 9.17) is 0 Å². The van der Waals surface area contributed by atoms with Gasteiger partial charge in [0, 0.05) is 6.42 Å². The highest BCUT2D eigenvalue weighted by Crippen LogP contribution is 1.93. The van der Waals surface area contributed by atoms with Gasteiger partial charge in [-0.1, -0.05) is 0 Å². The molecule has 0 saturated carbocycles. The second-order valence-electron chi connectivity index (χ2n) is 2.57. The molecule has 0 fully saturated rings. The van der Waals surface area contributed by atoms with Crippen molar-refractivity contribution in [2.24, 2.45) is 0 Å². The third kappa shape index (κ3) is 9.07. The number of hydrogen-bond acceptors (Lipinski definition) is 4. The van der Waals surface area contributed by atoms with E-state index >= 15 is 0 Å². The maximum absolute atomic E-state index is 11.6. The topological polar surface area (TPSA) is 64.6 Å². The first-order chi connectivity index (χ1) is 7.06. The summed E-state index contributed by atoms with van der Waals surface area (Å²) >= 11 is 0. The molecule has 0 saturated heterocycles. The fourth-order valence-corrected chi connectivity index (χ4v) is 0.669. The van der Waals surface area contributed by atoms with Crippen molar-refractivity contribution in [1.82, 2.24) is 5.32 Å². The molecule has 15 heavy (non-hydrogen) atoms. The van der Waals surface area contributed by atoms with Crippen LogP contribution in [0, 0.1) is 0 Å². The zero-order valence-electron chi connectivity index (χ0n) is 8.29. The van der Waals surface area contributed by atoms with Gasteiger partial charge in [-0.2, -0.15) is 0 Å². The lowest BCUT2D eigenvalue weighted by Crippen LogP contribution is -2.30. The zero-order valence-corrected chi connectivity index (χ0v) is 8.29. The fourth-order valence-electron chi connectivity index (χ4n) is 0.669. The van der Waals surface area contributed by atoms with Gasteiger partial charge in [0.1, 0.15) is 13.2 Å². The van der Waals surface area contributed by atoms with Crippen LogP contribution >= 0.6 is 0 Å². The molecule has 1 amide bonds. The van der Waals surface area contributed by atoms with Crippen LogP contribution in [0.3, 0.4) is 0 Å². The summed E-state index contributed by atoms with van der Waals surface area (Å²) in [6.07, 6.45) is -2.60. The smallest absolute Gasteiger partial charge is 0.325 e. The summed E-state index contributed by atoms with van der Waals surface area (Å²) in [5.74, 6) is -1.02. The number of nitrogens with one attached hydrogen (secondary N) is 1. The first-order valence-electron chi connectivity index (χ1n) is 4.25. The van der Waals surface area contributed by atoms with Crippen LogP contribution in [0.2, 0.25) is 0 Å². The van der Waals surface area contributed by atoms with Crippen molar-refractivity contribution in [1.29, 1.82) is 0 Å². The van der Waals surface area contributed by atoms with Crippen molar-refractivity contribution < 1.29 is 27.8 Å². The fraction of sp³-hybridized carbons (Fsp3) is 0.750. The molecule has 0 atom stereocenters. The minimum atomic E-state index is -2.54. The minimum Gasteiger partial charge on any atom is -0.468 e. The Morgan fingerprint density at radius 2 is 2.07 bits per heavy atom. The van der Waals surface area contributed by atoms with E-state index in [-0.39, 0.29) is 19.6 Å². The number of ether oxygens (including phenoxy) is 2. The number of carbonyl (C=O) groups excluding carboxylic acids is 2. The van der Waals surface area contributed by atoms with Crippen molar-refractivity contribution in [3.63, 3.8) is 0 Å². The summed E-state index contributed by atoms with van der Waals surface area (Å²) in [6.45, 7) is -1.02. The molecule has 0 bridgehead atoms. The summed E-state index contributed by atoms with van der Waals surface area (Å²) in [5, 5.41) is 2.24. The molecule has 1 N–H and O–H groups in total. The van der Waals surface area contributed by atoms with Gasteiger partial charge in [0.25, 0.3) is 6.43 Å². The highest BCUT2D eigenvalue weighted by molar-refractivity contribution is 5.81. The van der Waals surface area contributed by atoms with Crippen LogP contribution in [-0.2, 0) is 19.1 Å². The summed E-state index contributed by atoms with van der Waals surface area (Å²) in [4.78, 5) is 21.5. The van der Waals surface area contributed by atoms with Crippen LogP contribution in [0.1, 0.15) is 6.42 Å². The van der Waals surface area contributed by atoms with Gasteiger partial charge in [0.05, 0.1) is 13.7 Å². The molecule has 5 nitrogen and oxygen atoms in total. The van der Waals surface area contributed by atoms with Gasteiger partial charge in [0.2, 0.25) is 5.91 Å². The number of esters is 1. The molecule has 0 aliphatic carbocycles. The van der Waals surface area contributed by atoms with Gasteiger partial charge in [-0.15, -0.1) is 0 Å². The molecule has 88 valence electrons. The van der Waals surface area contributed by atoms with Gasteiger partial charge >= 0.3 is 5.97 Å². The third-order valence-corrected chi connectivity index (χ3v) is 1.37. The van der Waals surface area contributed by atoms with Crippen molar-refractivity contribution in [3.8, 4) is 0 Å². The summed E-state index contributed by atoms with van der Waals surface area (Å²) in [6, 6.07) is 0. The van der Waals surface area contributed by atoms with Crippen molar-refractivity contribution in [3.05, 3.63) is 0 Å². The van der Waals surface area contributed by atoms with E-state index in [9.17, 15) is 18.4 Å². The molecule has 0 radical (unpaired) electrons. The summed E-state index contributed by atoms with van der Waals surface area (Å²) in [7, 11) is 1.19. The van der Waals surface area contributed by atoms with Crippen LogP contribution in [-0.4, -0.2) is 45.2 Å². The quantitative estimate of drug-likeness (QED) is 0.487. The maximum Gasteiger partial charge on any atom is 0.325 e.